The molecule has 0 saturated heterocycles. The minimum atomic E-state index is -1.29. The van der Waals surface area contributed by atoms with E-state index in [9.17, 15) is 25.2 Å². The van der Waals surface area contributed by atoms with Gasteiger partial charge in [0.25, 0.3) is 0 Å². The fourth-order valence-corrected chi connectivity index (χ4v) is 8.12. The van der Waals surface area contributed by atoms with Crippen LogP contribution in [0.3, 0.4) is 0 Å². The number of aliphatic hydroxyl groups is 4. The third-order valence-electron chi connectivity index (χ3n) is 12.3. The van der Waals surface area contributed by atoms with E-state index in [0.29, 0.717) is 19.3 Å². The fraction of sp³-hybridized carbons (Fsp3) is 0.870. The lowest BCUT2D eigenvalue weighted by molar-refractivity contribution is -0.132. The molecule has 354 valence electrons. The van der Waals surface area contributed by atoms with Gasteiger partial charge in [-0.2, -0.15) is 0 Å². The Labute approximate surface area is 373 Å². The predicted octanol–water partition coefficient (Wildman–Crippen LogP) is 14.9. The second-order valence-electron chi connectivity index (χ2n) is 18.2. The van der Waals surface area contributed by atoms with E-state index in [4.69, 9.17) is 0 Å². The molecule has 0 aliphatic carbocycles. The largest absolute Gasteiger partial charge is 0.394 e. The molecule has 0 saturated carbocycles. The van der Waals surface area contributed by atoms with Crippen molar-refractivity contribution in [2.45, 2.75) is 295 Å². The Morgan fingerprint density at radius 2 is 0.700 bits per heavy atom. The van der Waals surface area contributed by atoms with E-state index in [2.05, 4.69) is 55.6 Å². The van der Waals surface area contributed by atoms with Crippen LogP contribution < -0.4 is 5.32 Å². The predicted molar refractivity (Wildman–Crippen MR) is 260 cm³/mol. The maximum atomic E-state index is 12.5. The lowest BCUT2D eigenvalue weighted by Crippen LogP contribution is -2.53. The lowest BCUT2D eigenvalue weighted by Gasteiger charge is -2.27. The van der Waals surface area contributed by atoms with E-state index in [0.717, 1.165) is 51.4 Å². The zero-order valence-electron chi connectivity index (χ0n) is 40.0. The first-order valence-electron chi connectivity index (χ1n) is 26.4. The van der Waals surface area contributed by atoms with Crippen molar-refractivity contribution in [2.75, 3.05) is 6.61 Å². The van der Waals surface area contributed by atoms with Gasteiger partial charge in [0.15, 0.2) is 0 Å². The summed E-state index contributed by atoms with van der Waals surface area (Å²) in [4.78, 5) is 12.5. The van der Waals surface area contributed by atoms with Gasteiger partial charge in [-0.05, 0) is 77.0 Å². The van der Waals surface area contributed by atoms with Crippen molar-refractivity contribution in [1.29, 1.82) is 0 Å². The summed E-state index contributed by atoms with van der Waals surface area (Å²) in [6.45, 7) is 4.03. The molecule has 0 rings (SSSR count). The van der Waals surface area contributed by atoms with E-state index in [1.807, 2.05) is 0 Å². The number of allylic oxidation sites excluding steroid dienone is 6. The molecule has 4 atom stereocenters. The van der Waals surface area contributed by atoms with Gasteiger partial charge in [-0.15, -0.1) is 0 Å². The molecule has 0 bridgehead atoms. The average Bonchev–Trinajstić information content (AvgIpc) is 3.25. The molecule has 6 heteroatoms. The van der Waals surface area contributed by atoms with Gasteiger partial charge in [0.1, 0.15) is 12.2 Å². The first-order valence-corrected chi connectivity index (χ1v) is 26.4. The van der Waals surface area contributed by atoms with Gasteiger partial charge in [-0.3, -0.25) is 4.79 Å². The summed E-state index contributed by atoms with van der Waals surface area (Å²) in [6, 6.07) is -1.01. The molecule has 0 fully saturated rings. The van der Waals surface area contributed by atoms with Crippen molar-refractivity contribution in [1.82, 2.24) is 5.32 Å². The lowest BCUT2D eigenvalue weighted by atomic mass is 10.00. The number of carbonyl (C=O) groups excluding carboxylic acids is 1. The molecule has 5 N–H and O–H groups in total. The monoisotopic (exact) mass is 846 g/mol. The van der Waals surface area contributed by atoms with Gasteiger partial charge < -0.3 is 25.7 Å². The van der Waals surface area contributed by atoms with Gasteiger partial charge in [0.05, 0.1) is 18.8 Å². The highest BCUT2D eigenvalue weighted by Gasteiger charge is 2.28. The molecule has 0 aliphatic heterocycles. The van der Waals surface area contributed by atoms with E-state index >= 15 is 0 Å². The summed E-state index contributed by atoms with van der Waals surface area (Å²) < 4.78 is 0. The number of hydrogen-bond acceptors (Lipinski definition) is 5. The molecule has 0 radical (unpaired) electrons. The van der Waals surface area contributed by atoms with Crippen LogP contribution in [0.5, 0.6) is 0 Å². The number of hydrogen-bond donors (Lipinski definition) is 5. The maximum absolute atomic E-state index is 12.5. The summed E-state index contributed by atoms with van der Waals surface area (Å²) in [7, 11) is 0. The standard InChI is InChI=1S/C54H103NO5/c1-3-5-7-9-11-13-15-17-19-20-21-22-23-24-25-26-27-28-29-30-31-32-33-34-36-37-39-41-43-45-47-51(57)53(59)50(49-56)55-54(60)52(58)48-46-44-42-40-38-35-18-16-14-12-10-8-6-4-2/h14,16,33-34,39,41,50-53,56-59H,3-13,15,17-32,35-38,40,42-49H2,1-2H3,(H,55,60)/b16-14-,34-33+,41-39+. The molecular formula is C54H103NO5. The smallest absolute Gasteiger partial charge is 0.249 e. The van der Waals surface area contributed by atoms with Crippen LogP contribution in [0.4, 0.5) is 0 Å². The SMILES string of the molecule is CCCCCC/C=C\CCCCCCCCC(O)C(=O)NC(CO)C(O)C(O)CCC/C=C/CC/C=C/CCCCCCCCCCCCCCCCCCCCCCC. The molecule has 1 amide bonds. The molecule has 0 aromatic rings. The Bertz CT molecular complexity index is 950. The number of rotatable bonds is 48. The van der Waals surface area contributed by atoms with Gasteiger partial charge >= 0.3 is 0 Å². The summed E-state index contributed by atoms with van der Waals surface area (Å²) in [5, 5.41) is 43.8. The quantitative estimate of drug-likeness (QED) is 0.0309. The van der Waals surface area contributed by atoms with Crippen LogP contribution in [-0.4, -0.2) is 57.3 Å². The Hall–Kier alpha value is -1.47. The van der Waals surface area contributed by atoms with Crippen molar-refractivity contribution in [3.05, 3.63) is 36.5 Å². The highest BCUT2D eigenvalue weighted by molar-refractivity contribution is 5.80. The molecular weight excluding hydrogens is 743 g/mol. The second kappa shape index (κ2) is 48.6. The van der Waals surface area contributed by atoms with Crippen molar-refractivity contribution in [3.63, 3.8) is 0 Å². The Balaban J connectivity index is 3.67. The molecule has 4 unspecified atom stereocenters. The van der Waals surface area contributed by atoms with Crippen LogP contribution in [0.1, 0.15) is 271 Å². The Morgan fingerprint density at radius 1 is 0.400 bits per heavy atom. The number of nitrogens with one attached hydrogen (secondary N) is 1. The van der Waals surface area contributed by atoms with Crippen LogP contribution in [0.25, 0.3) is 0 Å². The third kappa shape index (κ3) is 41.9. The Kier molecular flexibility index (Phi) is 47.4. The van der Waals surface area contributed by atoms with Crippen LogP contribution in [-0.2, 0) is 4.79 Å². The van der Waals surface area contributed by atoms with Crippen molar-refractivity contribution < 1.29 is 25.2 Å². The molecule has 0 heterocycles. The minimum absolute atomic E-state index is 0.352. The van der Waals surface area contributed by atoms with Crippen LogP contribution in [0.15, 0.2) is 36.5 Å². The number of carbonyl (C=O) groups is 1. The van der Waals surface area contributed by atoms with Gasteiger partial charge in [0.2, 0.25) is 5.91 Å². The zero-order valence-corrected chi connectivity index (χ0v) is 40.0. The van der Waals surface area contributed by atoms with Gasteiger partial charge in [-0.1, -0.05) is 230 Å². The van der Waals surface area contributed by atoms with Crippen LogP contribution in [0, 0.1) is 0 Å². The molecule has 0 aromatic carbocycles. The number of amides is 1. The first-order chi connectivity index (χ1) is 29.5. The van der Waals surface area contributed by atoms with Crippen molar-refractivity contribution in [2.24, 2.45) is 0 Å². The van der Waals surface area contributed by atoms with Crippen LogP contribution >= 0.6 is 0 Å². The first kappa shape index (κ1) is 58.5. The molecule has 0 aliphatic rings. The third-order valence-corrected chi connectivity index (χ3v) is 12.3. The van der Waals surface area contributed by atoms with E-state index in [1.54, 1.807) is 0 Å². The number of unbranched alkanes of at least 4 members (excludes halogenated alkanes) is 33. The van der Waals surface area contributed by atoms with Gasteiger partial charge in [-0.25, -0.2) is 0 Å². The topological polar surface area (TPSA) is 110 Å². The van der Waals surface area contributed by atoms with Crippen LogP contribution in [0.2, 0.25) is 0 Å². The Morgan fingerprint density at radius 3 is 1.07 bits per heavy atom. The van der Waals surface area contributed by atoms with E-state index in [-0.39, 0.29) is 0 Å². The summed E-state index contributed by atoms with van der Waals surface area (Å²) >= 11 is 0. The zero-order chi connectivity index (χ0) is 43.8. The van der Waals surface area contributed by atoms with Crippen molar-refractivity contribution in [3.8, 4) is 0 Å². The normalized spacial score (nSPS) is 14.2. The van der Waals surface area contributed by atoms with Crippen molar-refractivity contribution >= 4 is 5.91 Å². The highest BCUT2D eigenvalue weighted by atomic mass is 16.3. The molecule has 0 spiro atoms. The fourth-order valence-electron chi connectivity index (χ4n) is 8.12. The maximum Gasteiger partial charge on any atom is 0.249 e. The molecule has 0 aromatic heterocycles. The second-order valence-corrected chi connectivity index (χ2v) is 18.2. The minimum Gasteiger partial charge on any atom is -0.394 e. The summed E-state index contributed by atoms with van der Waals surface area (Å²) in [5.74, 6) is -0.602. The molecule has 6 nitrogen and oxygen atoms in total. The highest BCUT2D eigenvalue weighted by Crippen LogP contribution is 2.17. The average molecular weight is 846 g/mol. The summed E-state index contributed by atoms with van der Waals surface area (Å²) in [5.41, 5.74) is 0. The summed E-state index contributed by atoms with van der Waals surface area (Å²) in [6.07, 6.45) is 59.3. The molecule has 60 heavy (non-hydrogen) atoms. The van der Waals surface area contributed by atoms with Gasteiger partial charge in [0, 0.05) is 0 Å². The van der Waals surface area contributed by atoms with E-state index in [1.165, 1.54) is 186 Å². The van der Waals surface area contributed by atoms with E-state index < -0.39 is 36.9 Å². The number of aliphatic hydroxyl groups excluding tert-OH is 4.